The van der Waals surface area contributed by atoms with Crippen LogP contribution in [0.2, 0.25) is 10.0 Å². The second kappa shape index (κ2) is 6.90. The van der Waals surface area contributed by atoms with Gasteiger partial charge in [0.25, 0.3) is 5.91 Å². The topological polar surface area (TPSA) is 42.2 Å². The second-order valence-corrected chi connectivity index (χ2v) is 5.80. The van der Waals surface area contributed by atoms with Crippen LogP contribution in [-0.2, 0) is 6.54 Å². The molecule has 0 saturated carbocycles. The molecule has 116 valence electrons. The first kappa shape index (κ1) is 15.7. The molecule has 5 heteroatoms. The SMILES string of the molecule is O=C(NCc1ccccc1)c1ccc(-c2ccc(Cl)cc2Cl)o1. The summed E-state index contributed by atoms with van der Waals surface area (Å²) in [5, 5.41) is 3.84. The van der Waals surface area contributed by atoms with Gasteiger partial charge >= 0.3 is 0 Å². The Morgan fingerprint density at radius 1 is 1.00 bits per heavy atom. The predicted octanol–water partition coefficient (Wildman–Crippen LogP) is 5.18. The number of furan rings is 1. The maximum absolute atomic E-state index is 12.1. The summed E-state index contributed by atoms with van der Waals surface area (Å²) in [6, 6.07) is 18.1. The number of benzene rings is 2. The van der Waals surface area contributed by atoms with E-state index >= 15 is 0 Å². The Morgan fingerprint density at radius 3 is 2.52 bits per heavy atom. The van der Waals surface area contributed by atoms with E-state index in [0.717, 1.165) is 5.56 Å². The van der Waals surface area contributed by atoms with Crippen molar-refractivity contribution in [3.05, 3.63) is 82.0 Å². The first-order valence-electron chi connectivity index (χ1n) is 7.01. The van der Waals surface area contributed by atoms with Crippen LogP contribution >= 0.6 is 23.2 Å². The molecule has 0 bridgehead atoms. The van der Waals surface area contributed by atoms with E-state index in [0.29, 0.717) is 27.9 Å². The molecule has 0 atom stereocenters. The Bertz CT molecular complexity index is 828. The van der Waals surface area contributed by atoms with E-state index in [9.17, 15) is 4.79 Å². The van der Waals surface area contributed by atoms with E-state index in [1.165, 1.54) is 0 Å². The van der Waals surface area contributed by atoms with Crippen molar-refractivity contribution in [3.63, 3.8) is 0 Å². The van der Waals surface area contributed by atoms with Crippen molar-refractivity contribution in [3.8, 4) is 11.3 Å². The molecule has 0 radical (unpaired) electrons. The summed E-state index contributed by atoms with van der Waals surface area (Å²) in [6.07, 6.45) is 0. The summed E-state index contributed by atoms with van der Waals surface area (Å²) >= 11 is 12.0. The highest BCUT2D eigenvalue weighted by Gasteiger charge is 2.14. The number of carbonyl (C=O) groups is 1. The van der Waals surface area contributed by atoms with Crippen LogP contribution < -0.4 is 5.32 Å². The van der Waals surface area contributed by atoms with Gasteiger partial charge in [-0.3, -0.25) is 4.79 Å². The Kier molecular flexibility index (Phi) is 4.70. The molecular formula is C18H13Cl2NO2. The zero-order valence-electron chi connectivity index (χ0n) is 12.1. The molecule has 0 spiro atoms. The number of rotatable bonds is 4. The Balaban J connectivity index is 1.72. The molecular weight excluding hydrogens is 333 g/mol. The van der Waals surface area contributed by atoms with Crippen LogP contribution in [0.25, 0.3) is 11.3 Å². The zero-order chi connectivity index (χ0) is 16.2. The van der Waals surface area contributed by atoms with Gasteiger partial charge in [0.2, 0.25) is 0 Å². The predicted molar refractivity (Wildman–Crippen MR) is 91.8 cm³/mol. The molecule has 0 unspecified atom stereocenters. The van der Waals surface area contributed by atoms with Crippen molar-refractivity contribution in [1.82, 2.24) is 5.32 Å². The summed E-state index contributed by atoms with van der Waals surface area (Å²) < 4.78 is 5.60. The van der Waals surface area contributed by atoms with Crippen molar-refractivity contribution >= 4 is 29.1 Å². The zero-order valence-corrected chi connectivity index (χ0v) is 13.6. The minimum atomic E-state index is -0.273. The molecule has 1 aromatic heterocycles. The first-order valence-corrected chi connectivity index (χ1v) is 7.76. The third-order valence-electron chi connectivity index (χ3n) is 3.32. The van der Waals surface area contributed by atoms with Gasteiger partial charge in [-0.2, -0.15) is 0 Å². The summed E-state index contributed by atoms with van der Waals surface area (Å²) in [4.78, 5) is 12.1. The third-order valence-corrected chi connectivity index (χ3v) is 3.87. The number of nitrogens with one attached hydrogen (secondary N) is 1. The van der Waals surface area contributed by atoms with Gasteiger partial charge in [-0.25, -0.2) is 0 Å². The Hall–Kier alpha value is -2.23. The molecule has 2 aromatic carbocycles. The Labute approximate surface area is 143 Å². The van der Waals surface area contributed by atoms with Crippen LogP contribution in [0.5, 0.6) is 0 Å². The maximum Gasteiger partial charge on any atom is 0.287 e. The molecule has 0 aliphatic rings. The molecule has 0 fully saturated rings. The fraction of sp³-hybridized carbons (Fsp3) is 0.0556. The van der Waals surface area contributed by atoms with Gasteiger partial charge in [-0.1, -0.05) is 53.5 Å². The van der Waals surface area contributed by atoms with Gasteiger partial charge in [0.05, 0.1) is 5.02 Å². The summed E-state index contributed by atoms with van der Waals surface area (Å²) in [6.45, 7) is 0.442. The van der Waals surface area contributed by atoms with Crippen molar-refractivity contribution in [2.75, 3.05) is 0 Å². The summed E-state index contributed by atoms with van der Waals surface area (Å²) in [7, 11) is 0. The van der Waals surface area contributed by atoms with Gasteiger partial charge in [0.1, 0.15) is 5.76 Å². The minimum Gasteiger partial charge on any atom is -0.451 e. The van der Waals surface area contributed by atoms with Crippen LogP contribution in [0.4, 0.5) is 0 Å². The van der Waals surface area contributed by atoms with E-state index in [1.54, 1.807) is 30.3 Å². The first-order chi connectivity index (χ1) is 11.1. The highest BCUT2D eigenvalue weighted by Crippen LogP contribution is 2.31. The molecule has 3 rings (SSSR count). The highest BCUT2D eigenvalue weighted by atomic mass is 35.5. The molecule has 3 aromatic rings. The third kappa shape index (κ3) is 3.76. The standard InChI is InChI=1S/C18H13Cl2NO2/c19-13-6-7-14(15(20)10-13)16-8-9-17(23-16)18(22)21-11-12-4-2-1-3-5-12/h1-10H,11H2,(H,21,22). The molecule has 0 saturated heterocycles. The molecule has 3 nitrogen and oxygen atoms in total. The van der Waals surface area contributed by atoms with E-state index in [1.807, 2.05) is 30.3 Å². The van der Waals surface area contributed by atoms with Crippen LogP contribution in [0.1, 0.15) is 16.1 Å². The van der Waals surface area contributed by atoms with Crippen LogP contribution in [0.15, 0.2) is 65.1 Å². The molecule has 1 heterocycles. The number of amides is 1. The van der Waals surface area contributed by atoms with E-state index in [4.69, 9.17) is 27.6 Å². The molecule has 23 heavy (non-hydrogen) atoms. The molecule has 1 amide bonds. The lowest BCUT2D eigenvalue weighted by Crippen LogP contribution is -2.22. The summed E-state index contributed by atoms with van der Waals surface area (Å²) in [5.41, 5.74) is 1.71. The van der Waals surface area contributed by atoms with Crippen LogP contribution in [0, 0.1) is 0 Å². The molecule has 1 N–H and O–H groups in total. The fourth-order valence-corrected chi connectivity index (χ4v) is 2.66. The van der Waals surface area contributed by atoms with Crippen molar-refractivity contribution in [2.45, 2.75) is 6.54 Å². The largest absolute Gasteiger partial charge is 0.451 e. The second-order valence-electron chi connectivity index (χ2n) is 4.96. The smallest absolute Gasteiger partial charge is 0.287 e. The quantitative estimate of drug-likeness (QED) is 0.707. The van der Waals surface area contributed by atoms with Crippen molar-refractivity contribution < 1.29 is 9.21 Å². The van der Waals surface area contributed by atoms with Crippen LogP contribution in [-0.4, -0.2) is 5.91 Å². The van der Waals surface area contributed by atoms with E-state index in [2.05, 4.69) is 5.32 Å². The van der Waals surface area contributed by atoms with Crippen molar-refractivity contribution in [1.29, 1.82) is 0 Å². The lowest BCUT2D eigenvalue weighted by atomic mass is 10.2. The number of hydrogen-bond acceptors (Lipinski definition) is 2. The average molecular weight is 346 g/mol. The van der Waals surface area contributed by atoms with Gasteiger partial charge in [-0.05, 0) is 35.9 Å². The molecule has 0 aliphatic carbocycles. The normalized spacial score (nSPS) is 10.5. The average Bonchev–Trinajstić information content (AvgIpc) is 3.03. The Morgan fingerprint density at radius 2 is 1.78 bits per heavy atom. The lowest BCUT2D eigenvalue weighted by Gasteiger charge is -2.04. The van der Waals surface area contributed by atoms with Crippen LogP contribution in [0.3, 0.4) is 0 Å². The minimum absolute atomic E-state index is 0.238. The monoisotopic (exact) mass is 345 g/mol. The fourth-order valence-electron chi connectivity index (χ4n) is 2.16. The van der Waals surface area contributed by atoms with Gasteiger partial charge in [0, 0.05) is 17.1 Å². The van der Waals surface area contributed by atoms with Gasteiger partial charge in [0.15, 0.2) is 5.76 Å². The number of halogens is 2. The lowest BCUT2D eigenvalue weighted by molar-refractivity contribution is 0.0924. The van der Waals surface area contributed by atoms with Crippen molar-refractivity contribution in [2.24, 2.45) is 0 Å². The van der Waals surface area contributed by atoms with E-state index < -0.39 is 0 Å². The number of hydrogen-bond donors (Lipinski definition) is 1. The molecule has 0 aliphatic heterocycles. The van der Waals surface area contributed by atoms with Gasteiger partial charge in [-0.15, -0.1) is 0 Å². The summed E-state index contributed by atoms with van der Waals surface area (Å²) in [5.74, 6) is 0.490. The van der Waals surface area contributed by atoms with Gasteiger partial charge < -0.3 is 9.73 Å². The van der Waals surface area contributed by atoms with E-state index in [-0.39, 0.29) is 11.7 Å². The maximum atomic E-state index is 12.1. The highest BCUT2D eigenvalue weighted by molar-refractivity contribution is 6.36. The number of carbonyl (C=O) groups excluding carboxylic acids is 1.